The molecule has 0 N–H and O–H groups in total. The van der Waals surface area contributed by atoms with Gasteiger partial charge >= 0.3 is 0 Å². The van der Waals surface area contributed by atoms with E-state index < -0.39 is 8.32 Å². The van der Waals surface area contributed by atoms with Gasteiger partial charge in [-0.1, -0.05) is 32.4 Å². The van der Waals surface area contributed by atoms with Crippen LogP contribution < -0.4 is 0 Å². The summed E-state index contributed by atoms with van der Waals surface area (Å²) in [5, 5.41) is 0.498. The second kappa shape index (κ2) is 4.04. The first-order valence-corrected chi connectivity index (χ1v) is 8.50. The first-order chi connectivity index (χ1) is 6.63. The Kier molecular flexibility index (Phi) is 3.48. The van der Waals surface area contributed by atoms with Crippen LogP contribution in [0.2, 0.25) is 18.1 Å². The van der Waals surface area contributed by atoms with Gasteiger partial charge in [0, 0.05) is 6.42 Å². The zero-order chi connectivity index (χ0) is 11.9. The third-order valence-corrected chi connectivity index (χ3v) is 8.08. The highest BCUT2D eigenvalue weighted by Gasteiger charge is 2.40. The van der Waals surface area contributed by atoms with Crippen LogP contribution in [0.3, 0.4) is 0 Å². The highest BCUT2D eigenvalue weighted by molar-refractivity contribution is 6.74. The van der Waals surface area contributed by atoms with E-state index in [0.717, 1.165) is 0 Å². The minimum Gasteiger partial charge on any atom is -0.410 e. The molecule has 0 heterocycles. The maximum atomic E-state index is 11.3. The smallest absolute Gasteiger partial charge is 0.192 e. The van der Waals surface area contributed by atoms with E-state index in [2.05, 4.69) is 33.9 Å². The van der Waals surface area contributed by atoms with Crippen molar-refractivity contribution in [1.82, 2.24) is 0 Å². The third kappa shape index (κ3) is 2.92. The number of ketones is 1. The lowest BCUT2D eigenvalue weighted by atomic mass is 10.2. The van der Waals surface area contributed by atoms with Gasteiger partial charge in [0.15, 0.2) is 14.1 Å². The first-order valence-electron chi connectivity index (χ1n) is 5.22. The summed E-state index contributed by atoms with van der Waals surface area (Å²) in [7, 11) is -1.78. The van der Waals surface area contributed by atoms with E-state index in [1.165, 1.54) is 0 Å². The normalized spacial score (nSPS) is 23.2. The molecule has 0 saturated carbocycles. The van der Waals surface area contributed by atoms with Gasteiger partial charge in [0.2, 0.25) is 0 Å². The fourth-order valence-corrected chi connectivity index (χ4v) is 2.71. The monoisotopic (exact) mass is 246 g/mol. The van der Waals surface area contributed by atoms with Gasteiger partial charge in [0.25, 0.3) is 0 Å². The Hall–Kier alpha value is -0.123. The molecular formula is C11H19ClO2Si. The molecule has 1 rings (SSSR count). The summed E-state index contributed by atoms with van der Waals surface area (Å²) in [5.74, 6) is 0.000348. The maximum Gasteiger partial charge on any atom is 0.192 e. The van der Waals surface area contributed by atoms with Crippen LogP contribution in [0.1, 0.15) is 27.2 Å². The fourth-order valence-electron chi connectivity index (χ4n) is 1.23. The largest absolute Gasteiger partial charge is 0.410 e. The second-order valence-corrected chi connectivity index (χ2v) is 10.7. The molecule has 0 aliphatic heterocycles. The van der Waals surface area contributed by atoms with E-state index in [1.807, 2.05) is 0 Å². The second-order valence-electron chi connectivity index (χ2n) is 5.56. The van der Waals surface area contributed by atoms with Crippen LogP contribution >= 0.6 is 11.6 Å². The molecule has 1 unspecified atom stereocenters. The summed E-state index contributed by atoms with van der Waals surface area (Å²) in [5.41, 5.74) is 0. The SMILES string of the molecule is CC(C)(C)[Si](C)(C)OC1C=C(Cl)C(=O)C1. The molecule has 86 valence electrons. The number of hydrogen-bond acceptors (Lipinski definition) is 2. The molecule has 0 radical (unpaired) electrons. The van der Waals surface area contributed by atoms with Crippen molar-refractivity contribution in [3.05, 3.63) is 11.1 Å². The van der Waals surface area contributed by atoms with Crippen molar-refractivity contribution >= 4 is 25.7 Å². The van der Waals surface area contributed by atoms with E-state index in [4.69, 9.17) is 16.0 Å². The van der Waals surface area contributed by atoms with E-state index in [0.29, 0.717) is 11.5 Å². The quantitative estimate of drug-likeness (QED) is 0.698. The van der Waals surface area contributed by atoms with Crippen molar-refractivity contribution in [3.63, 3.8) is 0 Å². The minimum absolute atomic E-state index is 0.000348. The van der Waals surface area contributed by atoms with Crippen LogP contribution in [0.5, 0.6) is 0 Å². The van der Waals surface area contributed by atoms with Crippen molar-refractivity contribution in [2.75, 3.05) is 0 Å². The maximum absolute atomic E-state index is 11.3. The molecule has 0 fully saturated rings. The zero-order valence-electron chi connectivity index (χ0n) is 10.1. The molecule has 0 aromatic carbocycles. The van der Waals surface area contributed by atoms with E-state index >= 15 is 0 Å². The number of carbonyl (C=O) groups is 1. The lowest BCUT2D eigenvalue weighted by Gasteiger charge is -2.37. The number of rotatable bonds is 2. The molecule has 0 saturated heterocycles. The Morgan fingerprint density at radius 3 is 2.33 bits per heavy atom. The topological polar surface area (TPSA) is 26.3 Å². The van der Waals surface area contributed by atoms with Gasteiger partial charge in [0.05, 0.1) is 11.1 Å². The predicted octanol–water partition coefficient (Wildman–Crippen LogP) is 3.47. The van der Waals surface area contributed by atoms with Crippen molar-refractivity contribution in [1.29, 1.82) is 0 Å². The summed E-state index contributed by atoms with van der Waals surface area (Å²) < 4.78 is 6.06. The van der Waals surface area contributed by atoms with Crippen LogP contribution in [0, 0.1) is 0 Å². The lowest BCUT2D eigenvalue weighted by Crippen LogP contribution is -2.43. The molecule has 15 heavy (non-hydrogen) atoms. The van der Waals surface area contributed by atoms with Crippen LogP contribution in [0.15, 0.2) is 11.1 Å². The third-order valence-electron chi connectivity index (χ3n) is 3.24. The fraction of sp³-hybridized carbons (Fsp3) is 0.727. The Bertz CT molecular complexity index is 302. The molecule has 0 aromatic rings. The molecule has 0 amide bonds. The average molecular weight is 247 g/mol. The van der Waals surface area contributed by atoms with Crippen molar-refractivity contribution < 1.29 is 9.22 Å². The predicted molar refractivity (Wildman–Crippen MR) is 65.6 cm³/mol. The summed E-state index contributed by atoms with van der Waals surface area (Å²) in [6.07, 6.45) is 2.04. The van der Waals surface area contributed by atoms with E-state index in [-0.39, 0.29) is 16.9 Å². The highest BCUT2D eigenvalue weighted by Crippen LogP contribution is 2.38. The van der Waals surface area contributed by atoms with E-state index in [9.17, 15) is 4.79 Å². The number of carbonyl (C=O) groups excluding carboxylic acids is 1. The Labute approximate surface area is 97.8 Å². The summed E-state index contributed by atoms with van der Waals surface area (Å²) in [4.78, 5) is 11.3. The van der Waals surface area contributed by atoms with Gasteiger partial charge in [-0.2, -0.15) is 0 Å². The van der Waals surface area contributed by atoms with Gasteiger partial charge < -0.3 is 4.43 Å². The first kappa shape index (κ1) is 12.9. The molecule has 2 nitrogen and oxygen atoms in total. The Balaban J connectivity index is 2.69. The summed E-state index contributed by atoms with van der Waals surface area (Å²) >= 11 is 5.75. The van der Waals surface area contributed by atoms with Gasteiger partial charge in [-0.25, -0.2) is 0 Å². The van der Waals surface area contributed by atoms with Crippen LogP contribution in [0.4, 0.5) is 0 Å². The molecule has 1 aliphatic rings. The van der Waals surface area contributed by atoms with E-state index in [1.54, 1.807) is 6.08 Å². The molecule has 1 aliphatic carbocycles. The van der Waals surface area contributed by atoms with Crippen LogP contribution in [0.25, 0.3) is 0 Å². The molecule has 0 bridgehead atoms. The van der Waals surface area contributed by atoms with Gasteiger partial charge in [0.1, 0.15) is 0 Å². The molecule has 1 atom stereocenters. The number of hydrogen-bond donors (Lipinski definition) is 0. The van der Waals surface area contributed by atoms with Crippen molar-refractivity contribution in [2.45, 2.75) is 51.4 Å². The lowest BCUT2D eigenvalue weighted by molar-refractivity contribution is -0.115. The Morgan fingerprint density at radius 1 is 1.47 bits per heavy atom. The number of Topliss-reactive ketones (excluding diaryl/α,β-unsaturated/α-hetero) is 1. The molecule has 0 aromatic heterocycles. The summed E-state index contributed by atoms with van der Waals surface area (Å²) in [6.45, 7) is 10.9. The number of halogens is 1. The van der Waals surface area contributed by atoms with Gasteiger partial charge in [-0.15, -0.1) is 0 Å². The van der Waals surface area contributed by atoms with Crippen molar-refractivity contribution in [2.24, 2.45) is 0 Å². The Morgan fingerprint density at radius 2 is 2.00 bits per heavy atom. The zero-order valence-corrected chi connectivity index (χ0v) is 11.8. The highest BCUT2D eigenvalue weighted by atomic mass is 35.5. The van der Waals surface area contributed by atoms with Crippen molar-refractivity contribution in [3.8, 4) is 0 Å². The van der Waals surface area contributed by atoms with Gasteiger partial charge in [-0.05, 0) is 24.2 Å². The van der Waals surface area contributed by atoms with Gasteiger partial charge in [-0.3, -0.25) is 4.79 Å². The summed E-state index contributed by atoms with van der Waals surface area (Å²) in [6, 6.07) is 0. The minimum atomic E-state index is -1.78. The molecular weight excluding hydrogens is 228 g/mol. The molecule has 0 spiro atoms. The average Bonchev–Trinajstić information content (AvgIpc) is 2.27. The number of allylic oxidation sites excluding steroid dienone is 1. The molecule has 4 heteroatoms. The van der Waals surface area contributed by atoms with Crippen LogP contribution in [-0.4, -0.2) is 20.2 Å². The van der Waals surface area contributed by atoms with Crippen LogP contribution in [-0.2, 0) is 9.22 Å². The standard InChI is InChI=1S/C11H19ClO2Si/c1-11(2,3)15(4,5)14-8-6-9(12)10(13)7-8/h6,8H,7H2,1-5H3.